The van der Waals surface area contributed by atoms with Gasteiger partial charge in [-0.1, -0.05) is 66.2 Å². The summed E-state index contributed by atoms with van der Waals surface area (Å²) < 4.78 is -1.91. The molecule has 0 N–H and O–H groups in total. The fraction of sp³-hybridized carbons (Fsp3) is 0.714. The van der Waals surface area contributed by atoms with Crippen LogP contribution in [0.3, 0.4) is 0 Å². The summed E-state index contributed by atoms with van der Waals surface area (Å²) in [5, 5.41) is 0.476. The highest BCUT2D eigenvalue weighted by Crippen LogP contribution is 2.77. The summed E-state index contributed by atoms with van der Waals surface area (Å²) in [6, 6.07) is 0. The normalized spacial score (nSPS) is 40.0. The molecule has 0 aromatic carbocycles. The molecule has 1 saturated heterocycles. The Bertz CT molecular complexity index is 606. The summed E-state index contributed by atoms with van der Waals surface area (Å²) in [6.45, 7) is 2.25. The van der Waals surface area contributed by atoms with E-state index < -0.39 is 37.7 Å². The lowest BCUT2D eigenvalue weighted by atomic mass is 9.84. The van der Waals surface area contributed by atoms with Crippen LogP contribution < -0.4 is 0 Å². The molecular formula is C14H13Cl6NO3. The van der Waals surface area contributed by atoms with Crippen molar-refractivity contribution < 1.29 is 14.4 Å². The Morgan fingerprint density at radius 2 is 1.42 bits per heavy atom. The fourth-order valence-electron chi connectivity index (χ4n) is 3.60. The summed E-state index contributed by atoms with van der Waals surface area (Å²) >= 11 is 38.2. The number of halogens is 6. The smallest absolute Gasteiger partial charge is 0.259 e. The first-order chi connectivity index (χ1) is 11.1. The van der Waals surface area contributed by atoms with Gasteiger partial charge in [0.15, 0.2) is 4.33 Å². The molecule has 2 aliphatic carbocycles. The average molecular weight is 456 g/mol. The van der Waals surface area contributed by atoms with Crippen molar-refractivity contribution in [3.05, 3.63) is 10.1 Å². The number of unbranched alkanes of at least 4 members (excludes halogenated alkanes) is 2. The Kier molecular flexibility index (Phi) is 4.88. The minimum atomic E-state index is -1.91. The van der Waals surface area contributed by atoms with Crippen molar-refractivity contribution in [1.82, 2.24) is 5.06 Å². The molecule has 0 unspecified atom stereocenters. The Morgan fingerprint density at radius 3 is 1.83 bits per heavy atom. The molecule has 3 rings (SSSR count). The number of nitrogens with zero attached hydrogens (tertiary/aromatic N) is 1. The maximum Gasteiger partial charge on any atom is 0.259 e. The molecule has 0 aromatic heterocycles. The van der Waals surface area contributed by atoms with Crippen LogP contribution in [-0.2, 0) is 14.4 Å². The third-order valence-corrected chi connectivity index (χ3v) is 9.10. The average Bonchev–Trinajstić information content (AvgIpc) is 2.90. The molecule has 0 radical (unpaired) electrons. The van der Waals surface area contributed by atoms with Gasteiger partial charge < -0.3 is 0 Å². The Balaban J connectivity index is 1.97. The summed E-state index contributed by atoms with van der Waals surface area (Å²) in [5.74, 6) is -3.60. The minimum Gasteiger partial charge on any atom is -0.272 e. The van der Waals surface area contributed by atoms with E-state index in [1.54, 1.807) is 0 Å². The summed E-state index contributed by atoms with van der Waals surface area (Å²) in [4.78, 5) is 27.2. The number of hydrogen-bond acceptors (Lipinski definition) is 3. The van der Waals surface area contributed by atoms with Gasteiger partial charge in [-0.2, -0.15) is 5.06 Å². The van der Waals surface area contributed by atoms with E-state index >= 15 is 0 Å². The number of hydroxylamine groups is 2. The molecule has 10 heteroatoms. The summed E-state index contributed by atoms with van der Waals surface area (Å²) in [5.41, 5.74) is 0. The van der Waals surface area contributed by atoms with Gasteiger partial charge in [0.05, 0.1) is 28.5 Å². The lowest BCUT2D eigenvalue weighted by molar-refractivity contribution is -0.190. The fourth-order valence-corrected chi connectivity index (χ4v) is 6.53. The number of fused-ring (bicyclic) bond motifs is 5. The number of amides is 2. The van der Waals surface area contributed by atoms with Gasteiger partial charge in [-0.3, -0.25) is 14.4 Å². The van der Waals surface area contributed by atoms with Crippen molar-refractivity contribution in [2.45, 2.75) is 40.3 Å². The van der Waals surface area contributed by atoms with E-state index in [1.807, 2.05) is 6.92 Å². The van der Waals surface area contributed by atoms with Crippen LogP contribution in [0.15, 0.2) is 10.1 Å². The second kappa shape index (κ2) is 6.05. The summed E-state index contributed by atoms with van der Waals surface area (Å²) in [7, 11) is 0. The number of rotatable bonds is 5. The van der Waals surface area contributed by atoms with Crippen LogP contribution in [0.2, 0.25) is 0 Å². The molecule has 24 heavy (non-hydrogen) atoms. The molecule has 0 spiro atoms. The predicted octanol–water partition coefficient (Wildman–Crippen LogP) is 4.55. The molecule has 2 bridgehead atoms. The first-order valence-corrected chi connectivity index (χ1v) is 9.67. The maximum atomic E-state index is 12.7. The van der Waals surface area contributed by atoms with Crippen LogP contribution in [-0.4, -0.2) is 37.6 Å². The Hall–Kier alpha value is 0.580. The van der Waals surface area contributed by atoms with E-state index in [0.717, 1.165) is 12.8 Å². The van der Waals surface area contributed by atoms with Gasteiger partial charge in [-0.05, 0) is 6.42 Å². The van der Waals surface area contributed by atoms with E-state index in [4.69, 9.17) is 74.4 Å². The van der Waals surface area contributed by atoms with Crippen molar-refractivity contribution in [2.24, 2.45) is 11.8 Å². The zero-order chi connectivity index (χ0) is 18.1. The number of allylic oxidation sites excluding steroid dienone is 2. The second-order valence-corrected chi connectivity index (χ2v) is 9.37. The van der Waals surface area contributed by atoms with Crippen LogP contribution >= 0.6 is 69.6 Å². The van der Waals surface area contributed by atoms with Crippen molar-refractivity contribution in [2.75, 3.05) is 6.61 Å². The van der Waals surface area contributed by atoms with Gasteiger partial charge >= 0.3 is 0 Å². The lowest BCUT2D eigenvalue weighted by Crippen LogP contribution is -2.50. The Morgan fingerprint density at radius 1 is 0.958 bits per heavy atom. The van der Waals surface area contributed by atoms with Gasteiger partial charge in [0.1, 0.15) is 9.75 Å². The first kappa shape index (κ1) is 19.3. The number of carbonyl (C=O) groups excluding carboxylic acids is 2. The van der Waals surface area contributed by atoms with Crippen LogP contribution in [0, 0.1) is 11.8 Å². The van der Waals surface area contributed by atoms with Crippen molar-refractivity contribution >= 4 is 81.4 Å². The zero-order valence-corrected chi connectivity index (χ0v) is 17.0. The molecular weight excluding hydrogens is 443 g/mol. The lowest BCUT2D eigenvalue weighted by Gasteiger charge is -2.34. The SMILES string of the molecule is CCCCCON1C(=O)[C@@H]2[C@@H](C1=O)[C@]1(Cl)C(Cl)=C(Cl)[C@]2(Cl)C1(Cl)Cl. The second-order valence-electron chi connectivity index (χ2n) is 6.09. The maximum absolute atomic E-state index is 12.7. The number of carbonyl (C=O) groups is 2. The standard InChI is InChI=1S/C14H13Cl6NO3/c1-2-3-4-5-24-21-10(22)6-7(11(21)23)13(18)9(16)8(15)12(6,17)14(13,19)20/h6-7H,2-5H2,1H3/t6-,7-,12-,13-/m0/s1. The van der Waals surface area contributed by atoms with Gasteiger partial charge in [-0.15, -0.1) is 23.2 Å². The highest BCUT2D eigenvalue weighted by molar-refractivity contribution is 6.66. The third kappa shape index (κ3) is 2.00. The van der Waals surface area contributed by atoms with E-state index in [1.165, 1.54) is 0 Å². The zero-order valence-electron chi connectivity index (χ0n) is 12.4. The molecule has 0 aromatic rings. The molecule has 4 nitrogen and oxygen atoms in total. The first-order valence-electron chi connectivity index (χ1n) is 7.41. The monoisotopic (exact) mass is 453 g/mol. The van der Waals surface area contributed by atoms with Crippen molar-refractivity contribution in [1.29, 1.82) is 0 Å². The largest absolute Gasteiger partial charge is 0.272 e. The molecule has 1 saturated carbocycles. The minimum absolute atomic E-state index is 0.110. The number of alkyl halides is 4. The quantitative estimate of drug-likeness (QED) is 0.347. The molecule has 4 atom stereocenters. The van der Waals surface area contributed by atoms with E-state index in [2.05, 4.69) is 0 Å². The van der Waals surface area contributed by atoms with Crippen LogP contribution in [0.1, 0.15) is 26.2 Å². The molecule has 2 fully saturated rings. The number of imide groups is 1. The van der Waals surface area contributed by atoms with Crippen LogP contribution in [0.25, 0.3) is 0 Å². The van der Waals surface area contributed by atoms with E-state index in [-0.39, 0.29) is 16.7 Å². The van der Waals surface area contributed by atoms with E-state index in [0.29, 0.717) is 11.5 Å². The molecule has 3 aliphatic rings. The van der Waals surface area contributed by atoms with Gasteiger partial charge in [0, 0.05) is 0 Å². The number of hydrogen-bond donors (Lipinski definition) is 0. The Labute approximate surface area is 169 Å². The van der Waals surface area contributed by atoms with Gasteiger partial charge in [0.25, 0.3) is 11.8 Å². The third-order valence-electron chi connectivity index (χ3n) is 4.84. The predicted molar refractivity (Wildman–Crippen MR) is 94.6 cm³/mol. The van der Waals surface area contributed by atoms with Crippen LogP contribution in [0.4, 0.5) is 0 Å². The topological polar surface area (TPSA) is 46.6 Å². The van der Waals surface area contributed by atoms with E-state index in [9.17, 15) is 9.59 Å². The van der Waals surface area contributed by atoms with Gasteiger partial charge in [-0.25, -0.2) is 0 Å². The molecule has 1 aliphatic heterocycles. The van der Waals surface area contributed by atoms with Gasteiger partial charge in [0.2, 0.25) is 0 Å². The summed E-state index contributed by atoms with van der Waals surface area (Å²) in [6.07, 6.45) is 2.59. The van der Waals surface area contributed by atoms with Crippen molar-refractivity contribution in [3.63, 3.8) is 0 Å². The highest BCUT2D eigenvalue weighted by Gasteiger charge is 2.87. The molecule has 134 valence electrons. The van der Waals surface area contributed by atoms with Crippen LogP contribution in [0.5, 0.6) is 0 Å². The highest BCUT2D eigenvalue weighted by atomic mass is 35.5. The molecule has 2 amide bonds. The van der Waals surface area contributed by atoms with Crippen molar-refractivity contribution in [3.8, 4) is 0 Å². The molecule has 1 heterocycles.